The molecule has 1 aliphatic rings. The number of methoxy groups -OCH3 is 1. The van der Waals surface area contributed by atoms with Crippen LogP contribution in [0.5, 0.6) is 5.88 Å². The van der Waals surface area contributed by atoms with Gasteiger partial charge in [0.2, 0.25) is 5.88 Å². The predicted molar refractivity (Wildman–Crippen MR) is 154 cm³/mol. The quantitative estimate of drug-likeness (QED) is 0.215. The standard InChI is InChI=1S/C27H33BrN6O6/c1-27(2)9-8-19(30-22-13-18(28)6-7-23(22)34(37)38)16-33(27)10-11-40-25-21(14-29-32(25)4)20-12-17(26(36)39-5)15-31(3)24(20)35/h6-7,12-15,19,30H,8-11,16H2,1-5H3. The van der Waals surface area contributed by atoms with Crippen LogP contribution in [-0.4, -0.2) is 68.5 Å². The molecule has 1 atom stereocenters. The number of carbonyl (C=O) groups is 1. The van der Waals surface area contributed by atoms with E-state index in [4.69, 9.17) is 9.47 Å². The monoisotopic (exact) mass is 616 g/mol. The molecule has 0 spiro atoms. The van der Waals surface area contributed by atoms with Crippen LogP contribution in [0.15, 0.2) is 45.9 Å². The van der Waals surface area contributed by atoms with Crippen LogP contribution < -0.4 is 15.6 Å². The summed E-state index contributed by atoms with van der Waals surface area (Å²) < 4.78 is 14.7. The lowest BCUT2D eigenvalue weighted by Crippen LogP contribution is -2.54. The molecule has 2 aromatic heterocycles. The van der Waals surface area contributed by atoms with Crippen molar-refractivity contribution in [2.45, 2.75) is 38.3 Å². The Kier molecular flexibility index (Phi) is 8.64. The van der Waals surface area contributed by atoms with E-state index in [1.54, 1.807) is 37.1 Å². The first-order chi connectivity index (χ1) is 18.9. The van der Waals surface area contributed by atoms with Crippen LogP contribution in [-0.2, 0) is 18.8 Å². The Morgan fingerprint density at radius 3 is 2.73 bits per heavy atom. The molecule has 1 N–H and O–H groups in total. The van der Waals surface area contributed by atoms with E-state index in [1.165, 1.54) is 30.0 Å². The summed E-state index contributed by atoms with van der Waals surface area (Å²) in [6.07, 6.45) is 4.72. The molecule has 3 aromatic rings. The number of hydrogen-bond acceptors (Lipinski definition) is 9. The van der Waals surface area contributed by atoms with Crippen LogP contribution in [0.1, 0.15) is 37.0 Å². The topological polar surface area (TPSA) is 134 Å². The van der Waals surface area contributed by atoms with Crippen molar-refractivity contribution in [1.82, 2.24) is 19.2 Å². The number of hydrogen-bond donors (Lipinski definition) is 1. The van der Waals surface area contributed by atoms with E-state index in [1.807, 2.05) is 0 Å². The zero-order valence-corrected chi connectivity index (χ0v) is 24.7. The molecule has 1 unspecified atom stereocenters. The van der Waals surface area contributed by atoms with Gasteiger partial charge >= 0.3 is 5.97 Å². The summed E-state index contributed by atoms with van der Waals surface area (Å²) >= 11 is 3.40. The Hall–Kier alpha value is -3.71. The summed E-state index contributed by atoms with van der Waals surface area (Å²) in [7, 11) is 4.58. The number of aromatic nitrogens is 3. The van der Waals surface area contributed by atoms with Gasteiger partial charge in [-0.15, -0.1) is 0 Å². The number of nitrogens with zero attached hydrogens (tertiary/aromatic N) is 5. The average Bonchev–Trinajstić information content (AvgIpc) is 3.26. The van der Waals surface area contributed by atoms with Gasteiger partial charge in [0.05, 0.1) is 34.9 Å². The van der Waals surface area contributed by atoms with Crippen LogP contribution >= 0.6 is 15.9 Å². The number of pyridine rings is 1. The highest BCUT2D eigenvalue weighted by Crippen LogP contribution is 2.33. The number of nitrogens with one attached hydrogen (secondary N) is 1. The van der Waals surface area contributed by atoms with E-state index in [0.29, 0.717) is 36.8 Å². The second-order valence-electron chi connectivity index (χ2n) is 10.4. The first-order valence-electron chi connectivity index (χ1n) is 12.8. The van der Waals surface area contributed by atoms with Crippen LogP contribution in [0.4, 0.5) is 11.4 Å². The molecule has 1 fully saturated rings. The van der Waals surface area contributed by atoms with E-state index in [0.717, 1.165) is 17.3 Å². The normalized spacial score (nSPS) is 16.9. The molecule has 214 valence electrons. The van der Waals surface area contributed by atoms with E-state index in [-0.39, 0.29) is 38.9 Å². The number of ether oxygens (including phenoxy) is 2. The summed E-state index contributed by atoms with van der Waals surface area (Å²) in [5, 5.41) is 19.2. The first kappa shape index (κ1) is 29.3. The highest BCUT2D eigenvalue weighted by atomic mass is 79.9. The fourth-order valence-electron chi connectivity index (χ4n) is 4.97. The molecule has 40 heavy (non-hydrogen) atoms. The second-order valence-corrected chi connectivity index (χ2v) is 11.4. The Morgan fingerprint density at radius 1 is 1.27 bits per heavy atom. The minimum absolute atomic E-state index is 0.0115. The molecule has 1 aromatic carbocycles. The molecule has 1 saturated heterocycles. The van der Waals surface area contributed by atoms with Gasteiger partial charge in [-0.05, 0) is 44.9 Å². The van der Waals surface area contributed by atoms with Crippen molar-refractivity contribution in [3.05, 3.63) is 67.2 Å². The van der Waals surface area contributed by atoms with E-state index in [2.05, 4.69) is 45.1 Å². The van der Waals surface area contributed by atoms with Gasteiger partial charge in [-0.3, -0.25) is 19.8 Å². The van der Waals surface area contributed by atoms with Crippen LogP contribution in [0.25, 0.3) is 11.1 Å². The number of anilines is 1. The van der Waals surface area contributed by atoms with Crippen molar-refractivity contribution in [2.24, 2.45) is 14.1 Å². The fourth-order valence-corrected chi connectivity index (χ4v) is 5.33. The molecule has 12 nitrogen and oxygen atoms in total. The zero-order chi connectivity index (χ0) is 29.2. The van der Waals surface area contributed by atoms with Gasteiger partial charge < -0.3 is 19.4 Å². The highest BCUT2D eigenvalue weighted by Gasteiger charge is 2.35. The number of halogens is 1. The van der Waals surface area contributed by atoms with Gasteiger partial charge in [-0.1, -0.05) is 15.9 Å². The Morgan fingerprint density at radius 2 is 2.02 bits per heavy atom. The molecule has 1 aliphatic heterocycles. The molecule has 4 rings (SSSR count). The molecular formula is C27H33BrN6O6. The first-order valence-corrected chi connectivity index (χ1v) is 13.6. The molecular weight excluding hydrogens is 584 g/mol. The Labute approximate surface area is 240 Å². The maximum atomic E-state index is 12.9. The number of benzene rings is 1. The summed E-state index contributed by atoms with van der Waals surface area (Å²) in [4.78, 5) is 38.5. The molecule has 0 saturated carbocycles. The average molecular weight is 618 g/mol. The lowest BCUT2D eigenvalue weighted by Gasteiger charge is -2.45. The zero-order valence-electron chi connectivity index (χ0n) is 23.1. The molecule has 3 heterocycles. The fraction of sp³-hybridized carbons (Fsp3) is 0.444. The molecule has 0 radical (unpaired) electrons. The number of piperidine rings is 1. The Bertz CT molecular complexity index is 1480. The third-order valence-corrected chi connectivity index (χ3v) is 7.79. The lowest BCUT2D eigenvalue weighted by molar-refractivity contribution is -0.384. The molecule has 0 aliphatic carbocycles. The van der Waals surface area contributed by atoms with Crippen molar-refractivity contribution in [1.29, 1.82) is 0 Å². The van der Waals surface area contributed by atoms with Crippen molar-refractivity contribution in [3.63, 3.8) is 0 Å². The second kappa shape index (κ2) is 11.8. The third kappa shape index (κ3) is 6.20. The number of nitro benzene ring substituents is 1. The largest absolute Gasteiger partial charge is 0.476 e. The number of rotatable bonds is 9. The van der Waals surface area contributed by atoms with E-state index in [9.17, 15) is 19.7 Å². The van der Waals surface area contributed by atoms with Crippen molar-refractivity contribution in [3.8, 4) is 17.0 Å². The summed E-state index contributed by atoms with van der Waals surface area (Å²) in [6.45, 7) is 5.90. The van der Waals surface area contributed by atoms with Crippen LogP contribution in [0.3, 0.4) is 0 Å². The maximum Gasteiger partial charge on any atom is 0.339 e. The summed E-state index contributed by atoms with van der Waals surface area (Å²) in [5.41, 5.74) is 1.13. The van der Waals surface area contributed by atoms with Crippen molar-refractivity contribution in [2.75, 3.05) is 32.1 Å². The van der Waals surface area contributed by atoms with Gasteiger partial charge in [0, 0.05) is 55.5 Å². The number of nitro groups is 1. The third-order valence-electron chi connectivity index (χ3n) is 7.30. The minimum Gasteiger partial charge on any atom is -0.476 e. The van der Waals surface area contributed by atoms with Crippen molar-refractivity contribution < 1.29 is 19.2 Å². The van der Waals surface area contributed by atoms with E-state index >= 15 is 0 Å². The highest BCUT2D eigenvalue weighted by molar-refractivity contribution is 9.10. The number of carbonyl (C=O) groups excluding carboxylic acids is 1. The van der Waals surface area contributed by atoms with Gasteiger partial charge in [0.25, 0.3) is 11.2 Å². The van der Waals surface area contributed by atoms with E-state index < -0.39 is 5.97 Å². The van der Waals surface area contributed by atoms with Crippen molar-refractivity contribution >= 4 is 33.3 Å². The van der Waals surface area contributed by atoms with Gasteiger partial charge in [0.1, 0.15) is 12.3 Å². The number of likely N-dealkylation sites (tertiary alicyclic amines) is 1. The van der Waals surface area contributed by atoms with Crippen LogP contribution in [0.2, 0.25) is 0 Å². The lowest BCUT2D eigenvalue weighted by atomic mass is 9.88. The predicted octanol–water partition coefficient (Wildman–Crippen LogP) is 3.98. The molecule has 0 amide bonds. The smallest absolute Gasteiger partial charge is 0.339 e. The Balaban J connectivity index is 1.49. The van der Waals surface area contributed by atoms with Gasteiger partial charge in [-0.25, -0.2) is 9.48 Å². The summed E-state index contributed by atoms with van der Waals surface area (Å²) in [6, 6.07) is 6.38. The molecule has 13 heteroatoms. The SMILES string of the molecule is COC(=O)c1cc(-c2cnn(C)c2OCCN2CC(Nc3cc(Br)ccc3[N+](=O)[O-])CCC2(C)C)c(=O)n(C)c1. The van der Waals surface area contributed by atoms with Crippen LogP contribution in [0, 0.1) is 10.1 Å². The number of esters is 1. The number of aryl methyl sites for hydroxylation is 2. The summed E-state index contributed by atoms with van der Waals surface area (Å²) in [5.74, 6) is -0.139. The molecule has 0 bridgehead atoms. The minimum atomic E-state index is -0.549. The van der Waals surface area contributed by atoms with Gasteiger partial charge in [0.15, 0.2) is 0 Å². The maximum absolute atomic E-state index is 12.9. The van der Waals surface area contributed by atoms with Gasteiger partial charge in [-0.2, -0.15) is 5.10 Å².